The molecule has 0 aromatic carbocycles. The van der Waals surface area contributed by atoms with Crippen LogP contribution in [-0.2, 0) is 4.79 Å². The summed E-state index contributed by atoms with van der Waals surface area (Å²) in [6.07, 6.45) is 0.911. The minimum absolute atomic E-state index is 0.0244. The Morgan fingerprint density at radius 2 is 2.06 bits per heavy atom. The molecule has 2 heterocycles. The van der Waals surface area contributed by atoms with Gasteiger partial charge in [-0.05, 0) is 31.4 Å². The molecule has 17 heavy (non-hydrogen) atoms. The third kappa shape index (κ3) is 2.49. The molecule has 1 aliphatic rings. The Bertz CT molecular complexity index is 449. The van der Waals surface area contributed by atoms with Gasteiger partial charge in [-0.3, -0.25) is 4.79 Å². The van der Waals surface area contributed by atoms with Gasteiger partial charge >= 0.3 is 0 Å². The Morgan fingerprint density at radius 3 is 2.82 bits per heavy atom. The number of halogens is 1. The Kier molecular flexibility index (Phi) is 3.47. The van der Waals surface area contributed by atoms with E-state index in [2.05, 4.69) is 15.5 Å². The van der Waals surface area contributed by atoms with Crippen molar-refractivity contribution < 1.29 is 4.79 Å². The summed E-state index contributed by atoms with van der Waals surface area (Å²) >= 11 is 5.91. The number of aromatic nitrogens is 2. The van der Waals surface area contributed by atoms with Crippen molar-refractivity contribution in [3.05, 3.63) is 16.3 Å². The molecular formula is C11H15ClN4O. The summed E-state index contributed by atoms with van der Waals surface area (Å²) in [7, 11) is 0. The lowest BCUT2D eigenvalue weighted by molar-refractivity contribution is -0.119. The molecule has 0 aliphatic carbocycles. The Balaban J connectivity index is 2.32. The minimum atomic E-state index is 0.0244. The standard InChI is InChI=1S/C11H15ClN4O/c1-7-8(2)11(15-14-10(7)12)16-5-3-4-13-9(17)6-16/h3-6H2,1-2H3,(H,13,17). The molecule has 92 valence electrons. The highest BCUT2D eigenvalue weighted by Crippen LogP contribution is 2.24. The van der Waals surface area contributed by atoms with Crippen LogP contribution in [0.15, 0.2) is 0 Å². The molecule has 0 radical (unpaired) electrons. The quantitative estimate of drug-likeness (QED) is 0.815. The van der Waals surface area contributed by atoms with E-state index >= 15 is 0 Å². The molecule has 1 aromatic rings. The monoisotopic (exact) mass is 254 g/mol. The number of carbonyl (C=O) groups is 1. The van der Waals surface area contributed by atoms with E-state index in [-0.39, 0.29) is 5.91 Å². The maximum atomic E-state index is 11.5. The summed E-state index contributed by atoms with van der Waals surface area (Å²) in [5.41, 5.74) is 1.90. The van der Waals surface area contributed by atoms with Crippen molar-refractivity contribution in [1.29, 1.82) is 0 Å². The Morgan fingerprint density at radius 1 is 1.29 bits per heavy atom. The van der Waals surface area contributed by atoms with Gasteiger partial charge in [0.1, 0.15) is 0 Å². The maximum Gasteiger partial charge on any atom is 0.239 e. The minimum Gasteiger partial charge on any atom is -0.354 e. The predicted octanol–water partition coefficient (Wildman–Crippen LogP) is 1.07. The fourth-order valence-corrected chi connectivity index (χ4v) is 2.03. The second kappa shape index (κ2) is 4.87. The first-order valence-corrected chi connectivity index (χ1v) is 5.98. The largest absolute Gasteiger partial charge is 0.354 e. The molecule has 1 aliphatic heterocycles. The number of carbonyl (C=O) groups excluding carboxylic acids is 1. The molecule has 1 aromatic heterocycles. The fraction of sp³-hybridized carbons (Fsp3) is 0.545. The van der Waals surface area contributed by atoms with Gasteiger partial charge in [-0.2, -0.15) is 0 Å². The summed E-state index contributed by atoms with van der Waals surface area (Å²) < 4.78 is 0. The molecule has 1 amide bonds. The van der Waals surface area contributed by atoms with E-state index in [0.717, 1.165) is 29.9 Å². The Hall–Kier alpha value is -1.36. The summed E-state index contributed by atoms with van der Waals surface area (Å²) in [6, 6.07) is 0. The molecule has 1 saturated heterocycles. The number of nitrogens with zero attached hydrogens (tertiary/aromatic N) is 3. The maximum absolute atomic E-state index is 11.5. The van der Waals surface area contributed by atoms with Crippen LogP contribution in [-0.4, -0.2) is 35.7 Å². The van der Waals surface area contributed by atoms with Gasteiger partial charge in [0, 0.05) is 13.1 Å². The molecule has 2 rings (SSSR count). The highest BCUT2D eigenvalue weighted by molar-refractivity contribution is 6.30. The van der Waals surface area contributed by atoms with E-state index in [4.69, 9.17) is 11.6 Å². The SMILES string of the molecule is Cc1c(Cl)nnc(N2CCCNC(=O)C2)c1C. The molecule has 0 atom stereocenters. The number of hydrogen-bond donors (Lipinski definition) is 1. The van der Waals surface area contributed by atoms with E-state index in [1.807, 2.05) is 18.7 Å². The van der Waals surface area contributed by atoms with Crippen LogP contribution in [0, 0.1) is 13.8 Å². The lowest BCUT2D eigenvalue weighted by atomic mass is 10.2. The van der Waals surface area contributed by atoms with Crippen LogP contribution in [0.5, 0.6) is 0 Å². The number of anilines is 1. The van der Waals surface area contributed by atoms with Gasteiger partial charge < -0.3 is 10.2 Å². The zero-order valence-electron chi connectivity index (χ0n) is 9.96. The summed E-state index contributed by atoms with van der Waals surface area (Å²) in [5.74, 6) is 0.778. The van der Waals surface area contributed by atoms with Gasteiger partial charge in [-0.1, -0.05) is 11.6 Å². The number of nitrogens with one attached hydrogen (secondary N) is 1. The molecule has 0 bridgehead atoms. The van der Waals surface area contributed by atoms with Gasteiger partial charge in [0.2, 0.25) is 5.91 Å². The average Bonchev–Trinajstić information content (AvgIpc) is 2.51. The van der Waals surface area contributed by atoms with Gasteiger partial charge in [0.15, 0.2) is 11.0 Å². The second-order valence-corrected chi connectivity index (χ2v) is 4.55. The zero-order valence-corrected chi connectivity index (χ0v) is 10.7. The predicted molar refractivity (Wildman–Crippen MR) is 66.4 cm³/mol. The van der Waals surface area contributed by atoms with Gasteiger partial charge in [0.25, 0.3) is 0 Å². The number of hydrogen-bond acceptors (Lipinski definition) is 4. The molecule has 6 heteroatoms. The first-order valence-electron chi connectivity index (χ1n) is 5.60. The first kappa shape index (κ1) is 12.1. The molecule has 1 N–H and O–H groups in total. The fourth-order valence-electron chi connectivity index (χ4n) is 1.85. The van der Waals surface area contributed by atoms with Gasteiger partial charge in [0.05, 0.1) is 6.54 Å². The topological polar surface area (TPSA) is 58.1 Å². The van der Waals surface area contributed by atoms with Crippen molar-refractivity contribution in [1.82, 2.24) is 15.5 Å². The lowest BCUT2D eigenvalue weighted by Crippen LogP contribution is -2.34. The molecule has 0 saturated carbocycles. The Labute approximate surface area is 105 Å². The van der Waals surface area contributed by atoms with E-state index in [9.17, 15) is 4.79 Å². The average molecular weight is 255 g/mol. The van der Waals surface area contributed by atoms with Crippen LogP contribution < -0.4 is 10.2 Å². The highest BCUT2D eigenvalue weighted by Gasteiger charge is 2.19. The van der Waals surface area contributed by atoms with Crippen molar-refractivity contribution in [2.24, 2.45) is 0 Å². The number of rotatable bonds is 1. The molecular weight excluding hydrogens is 240 g/mol. The van der Waals surface area contributed by atoms with E-state index < -0.39 is 0 Å². The normalized spacial score (nSPS) is 16.6. The van der Waals surface area contributed by atoms with Crippen LogP contribution in [0.3, 0.4) is 0 Å². The van der Waals surface area contributed by atoms with Crippen molar-refractivity contribution in [3.63, 3.8) is 0 Å². The van der Waals surface area contributed by atoms with E-state index in [1.165, 1.54) is 0 Å². The molecule has 5 nitrogen and oxygen atoms in total. The van der Waals surface area contributed by atoms with Crippen molar-refractivity contribution in [2.45, 2.75) is 20.3 Å². The molecule has 0 unspecified atom stereocenters. The molecule has 1 fully saturated rings. The van der Waals surface area contributed by atoms with Gasteiger partial charge in [-0.15, -0.1) is 10.2 Å². The van der Waals surface area contributed by atoms with Crippen LogP contribution in [0.4, 0.5) is 5.82 Å². The third-order valence-electron chi connectivity index (χ3n) is 3.00. The summed E-state index contributed by atoms with van der Waals surface area (Å²) in [5, 5.41) is 11.3. The van der Waals surface area contributed by atoms with Crippen LogP contribution in [0.25, 0.3) is 0 Å². The van der Waals surface area contributed by atoms with E-state index in [0.29, 0.717) is 18.2 Å². The number of amides is 1. The van der Waals surface area contributed by atoms with E-state index in [1.54, 1.807) is 0 Å². The first-order chi connectivity index (χ1) is 8.09. The van der Waals surface area contributed by atoms with Crippen LogP contribution in [0.2, 0.25) is 5.15 Å². The third-order valence-corrected chi connectivity index (χ3v) is 3.36. The highest BCUT2D eigenvalue weighted by atomic mass is 35.5. The van der Waals surface area contributed by atoms with Crippen molar-refractivity contribution in [2.75, 3.05) is 24.5 Å². The molecule has 0 spiro atoms. The summed E-state index contributed by atoms with van der Waals surface area (Å²) in [4.78, 5) is 13.5. The van der Waals surface area contributed by atoms with Crippen LogP contribution in [0.1, 0.15) is 17.5 Å². The van der Waals surface area contributed by atoms with Crippen LogP contribution >= 0.6 is 11.6 Å². The summed E-state index contributed by atoms with van der Waals surface area (Å²) in [6.45, 7) is 5.71. The van der Waals surface area contributed by atoms with Crippen molar-refractivity contribution in [3.8, 4) is 0 Å². The van der Waals surface area contributed by atoms with Crippen molar-refractivity contribution >= 4 is 23.3 Å². The zero-order chi connectivity index (χ0) is 12.4. The smallest absolute Gasteiger partial charge is 0.239 e. The lowest BCUT2D eigenvalue weighted by Gasteiger charge is -2.22. The second-order valence-electron chi connectivity index (χ2n) is 4.19. The van der Waals surface area contributed by atoms with Gasteiger partial charge in [-0.25, -0.2) is 0 Å².